The van der Waals surface area contributed by atoms with E-state index in [1.807, 2.05) is 44.2 Å². The number of halogens is 3. The summed E-state index contributed by atoms with van der Waals surface area (Å²) >= 11 is 0. The minimum atomic E-state index is -4.50. The molecule has 2 amide bonds. The first kappa shape index (κ1) is 22.0. The zero-order valence-electron chi connectivity index (χ0n) is 16.1. The molecular weight excluding hydrogens is 371 g/mol. The number of nitrogens with zero attached hydrogens (tertiary/aromatic N) is 1. The smallest absolute Gasteiger partial charge is 0.416 e. The summed E-state index contributed by atoms with van der Waals surface area (Å²) in [7, 11) is 0. The summed E-state index contributed by atoms with van der Waals surface area (Å²) in [6, 6.07) is 8.57. The number of allylic oxidation sites excluding steroid dienone is 2. The average Bonchev–Trinajstić information content (AvgIpc) is 2.97. The summed E-state index contributed by atoms with van der Waals surface area (Å²) in [4.78, 5) is 25.8. The van der Waals surface area contributed by atoms with Crippen molar-refractivity contribution >= 4 is 12.0 Å². The summed E-state index contributed by atoms with van der Waals surface area (Å²) in [6.45, 7) is 3.98. The Balaban J connectivity index is 2.14. The normalized spacial score (nSPS) is 18.7. The van der Waals surface area contributed by atoms with E-state index >= 15 is 0 Å². The molecule has 1 aliphatic rings. The molecule has 28 heavy (non-hydrogen) atoms. The Morgan fingerprint density at radius 3 is 2.46 bits per heavy atom. The maximum Gasteiger partial charge on any atom is 0.416 e. The Morgan fingerprint density at radius 1 is 1.21 bits per heavy atom. The van der Waals surface area contributed by atoms with Crippen molar-refractivity contribution in [3.63, 3.8) is 0 Å². The van der Waals surface area contributed by atoms with Crippen molar-refractivity contribution < 1.29 is 27.5 Å². The molecule has 2 rings (SSSR count). The molecule has 0 N–H and O–H groups in total. The molecule has 0 aromatic heterocycles. The molecule has 1 heterocycles. The Bertz CT molecular complexity index is 686. The second-order valence-electron chi connectivity index (χ2n) is 7.48. The minimum Gasteiger partial charge on any atom is -0.447 e. The molecule has 1 aliphatic heterocycles. The largest absolute Gasteiger partial charge is 0.447 e. The number of hydrogen-bond donors (Lipinski definition) is 0. The van der Waals surface area contributed by atoms with Gasteiger partial charge in [-0.1, -0.05) is 56.3 Å². The molecule has 4 nitrogen and oxygen atoms in total. The van der Waals surface area contributed by atoms with E-state index in [0.29, 0.717) is 12.3 Å². The number of rotatable bonds is 8. The predicted octanol–water partition coefficient (Wildman–Crippen LogP) is 5.14. The minimum absolute atomic E-state index is 0.0125. The van der Waals surface area contributed by atoms with Crippen molar-refractivity contribution in [1.82, 2.24) is 4.90 Å². The number of ether oxygens (including phenoxy) is 1. The van der Waals surface area contributed by atoms with E-state index in [-0.39, 0.29) is 13.0 Å². The fourth-order valence-corrected chi connectivity index (χ4v) is 3.14. The summed E-state index contributed by atoms with van der Waals surface area (Å²) in [6.07, 6.45) is -2.25. The highest BCUT2D eigenvalue weighted by Gasteiger charge is 2.43. The third-order valence-corrected chi connectivity index (χ3v) is 4.53. The number of carbonyl (C=O) groups excluding carboxylic acids is 2. The van der Waals surface area contributed by atoms with Crippen LogP contribution in [-0.2, 0) is 16.0 Å². The Kier molecular flexibility index (Phi) is 7.66. The fourth-order valence-electron chi connectivity index (χ4n) is 3.14. The molecular formula is C21H26F3NO3. The van der Waals surface area contributed by atoms with Gasteiger partial charge in [-0.3, -0.25) is 4.79 Å². The molecule has 1 fully saturated rings. The number of imide groups is 1. The number of hydrogen-bond acceptors (Lipinski definition) is 3. The van der Waals surface area contributed by atoms with Crippen molar-refractivity contribution in [3.05, 3.63) is 48.0 Å². The highest BCUT2D eigenvalue weighted by atomic mass is 19.4. The van der Waals surface area contributed by atoms with Crippen molar-refractivity contribution in [1.29, 1.82) is 0 Å². The van der Waals surface area contributed by atoms with Gasteiger partial charge in [0.25, 0.3) is 0 Å². The second-order valence-corrected chi connectivity index (χ2v) is 7.48. The van der Waals surface area contributed by atoms with Crippen LogP contribution in [-0.4, -0.2) is 35.7 Å². The number of carbonyl (C=O) groups is 2. The van der Waals surface area contributed by atoms with Crippen LogP contribution in [0.3, 0.4) is 0 Å². The number of cyclic esters (lactones) is 1. The van der Waals surface area contributed by atoms with Gasteiger partial charge in [0.05, 0.1) is 18.4 Å². The zero-order valence-corrected chi connectivity index (χ0v) is 16.1. The van der Waals surface area contributed by atoms with Gasteiger partial charge in [-0.2, -0.15) is 13.2 Å². The average molecular weight is 397 g/mol. The van der Waals surface area contributed by atoms with E-state index in [4.69, 9.17) is 4.74 Å². The van der Waals surface area contributed by atoms with Crippen LogP contribution in [0.15, 0.2) is 42.5 Å². The monoisotopic (exact) mass is 397 g/mol. The molecule has 1 saturated heterocycles. The lowest BCUT2D eigenvalue weighted by molar-refractivity contribution is -0.158. The molecule has 154 valence electrons. The Hall–Kier alpha value is -2.31. The van der Waals surface area contributed by atoms with Crippen LogP contribution in [0.4, 0.5) is 18.0 Å². The van der Waals surface area contributed by atoms with Gasteiger partial charge in [-0.25, -0.2) is 9.69 Å². The van der Waals surface area contributed by atoms with Crippen LogP contribution in [0.5, 0.6) is 0 Å². The van der Waals surface area contributed by atoms with E-state index in [0.717, 1.165) is 16.9 Å². The van der Waals surface area contributed by atoms with Crippen molar-refractivity contribution in [2.75, 3.05) is 6.61 Å². The number of benzene rings is 1. The van der Waals surface area contributed by atoms with E-state index in [2.05, 4.69) is 0 Å². The van der Waals surface area contributed by atoms with Crippen LogP contribution in [0.1, 0.15) is 38.7 Å². The molecule has 0 unspecified atom stereocenters. The summed E-state index contributed by atoms with van der Waals surface area (Å²) in [5, 5.41) is 0. The molecule has 0 saturated carbocycles. The first-order valence-corrected chi connectivity index (χ1v) is 9.43. The second kappa shape index (κ2) is 9.75. The van der Waals surface area contributed by atoms with E-state index in [1.165, 1.54) is 0 Å². The van der Waals surface area contributed by atoms with Crippen LogP contribution in [0.25, 0.3) is 0 Å². The van der Waals surface area contributed by atoms with Gasteiger partial charge >= 0.3 is 12.3 Å². The van der Waals surface area contributed by atoms with E-state index in [9.17, 15) is 22.8 Å². The maximum absolute atomic E-state index is 13.0. The van der Waals surface area contributed by atoms with Gasteiger partial charge in [-0.05, 0) is 30.7 Å². The van der Waals surface area contributed by atoms with E-state index in [1.54, 1.807) is 12.2 Å². The quantitative estimate of drug-likeness (QED) is 0.571. The van der Waals surface area contributed by atoms with Gasteiger partial charge in [-0.15, -0.1) is 0 Å². The van der Waals surface area contributed by atoms with Gasteiger partial charge in [0.15, 0.2) is 0 Å². The standard InChI is InChI=1S/C21H26F3NO3/c1-15(2)8-6-7-11-17(13-21(22,23)24)19(26)25-18(14-28-20(25)27)12-16-9-4-3-5-10-16/h3-7,9-10,15,17-18H,8,11-14H2,1-2H3/b7-6+/t17-,18+/m0/s1. The van der Waals surface area contributed by atoms with Crippen LogP contribution < -0.4 is 0 Å². The summed E-state index contributed by atoms with van der Waals surface area (Å²) in [5.41, 5.74) is 0.882. The lowest BCUT2D eigenvalue weighted by Crippen LogP contribution is -2.44. The van der Waals surface area contributed by atoms with Gasteiger partial charge in [0.1, 0.15) is 6.61 Å². The lowest BCUT2D eigenvalue weighted by Gasteiger charge is -2.25. The number of amides is 2. The molecule has 0 spiro atoms. The fraction of sp³-hybridized carbons (Fsp3) is 0.524. The summed E-state index contributed by atoms with van der Waals surface area (Å²) in [5.74, 6) is -1.79. The van der Waals surface area contributed by atoms with Crippen LogP contribution in [0, 0.1) is 11.8 Å². The maximum atomic E-state index is 13.0. The zero-order chi connectivity index (χ0) is 20.7. The lowest BCUT2D eigenvalue weighted by atomic mass is 9.96. The van der Waals surface area contributed by atoms with Gasteiger partial charge in [0.2, 0.25) is 5.91 Å². The first-order chi connectivity index (χ1) is 13.2. The third-order valence-electron chi connectivity index (χ3n) is 4.53. The molecule has 0 radical (unpaired) electrons. The molecule has 0 bridgehead atoms. The third kappa shape index (κ3) is 6.69. The van der Waals surface area contributed by atoms with Crippen molar-refractivity contribution in [3.8, 4) is 0 Å². The van der Waals surface area contributed by atoms with E-state index < -0.39 is 36.6 Å². The SMILES string of the molecule is CC(C)C/C=C/C[C@@H](CC(F)(F)F)C(=O)N1C(=O)OC[C@H]1Cc1ccccc1. The first-order valence-electron chi connectivity index (χ1n) is 9.43. The predicted molar refractivity (Wildman–Crippen MR) is 99.5 cm³/mol. The Morgan fingerprint density at radius 2 is 1.86 bits per heavy atom. The van der Waals surface area contributed by atoms with Crippen LogP contribution in [0.2, 0.25) is 0 Å². The van der Waals surface area contributed by atoms with Gasteiger partial charge < -0.3 is 4.74 Å². The molecule has 2 atom stereocenters. The molecule has 1 aromatic carbocycles. The van der Waals surface area contributed by atoms with Gasteiger partial charge in [0, 0.05) is 0 Å². The number of alkyl halides is 3. The Labute approximate surface area is 163 Å². The highest BCUT2D eigenvalue weighted by Crippen LogP contribution is 2.30. The molecule has 7 heteroatoms. The van der Waals surface area contributed by atoms with Crippen LogP contribution >= 0.6 is 0 Å². The molecule has 0 aliphatic carbocycles. The topological polar surface area (TPSA) is 46.6 Å². The van der Waals surface area contributed by atoms with Crippen molar-refractivity contribution in [2.24, 2.45) is 11.8 Å². The summed E-state index contributed by atoms with van der Waals surface area (Å²) < 4.78 is 44.0. The van der Waals surface area contributed by atoms with Crippen molar-refractivity contribution in [2.45, 2.75) is 51.7 Å². The molecule has 1 aromatic rings. The highest BCUT2D eigenvalue weighted by molar-refractivity contribution is 5.95.